The first-order valence-electron chi connectivity index (χ1n) is 11.9. The molecule has 0 amide bonds. The van der Waals surface area contributed by atoms with Crippen molar-refractivity contribution in [2.75, 3.05) is 37.2 Å². The minimum Gasteiger partial charge on any atom is -0.377 e. The molecule has 1 fully saturated rings. The molecule has 0 saturated carbocycles. The molecule has 5 rings (SSSR count). The minimum atomic E-state index is -3.85. The SMILES string of the molecule is Cc1ccc(S(=O)(=O)n2ccc3c(-c4cc(N5CCOC[C@H]5C)cc(N=S(C)(C)=O)n4)ccnc32)cc1. The molecule has 1 saturated heterocycles. The summed E-state index contributed by atoms with van der Waals surface area (Å²) in [6.07, 6.45) is 6.22. The van der Waals surface area contributed by atoms with E-state index in [2.05, 4.69) is 21.2 Å². The van der Waals surface area contributed by atoms with Crippen molar-refractivity contribution in [3.05, 3.63) is 66.5 Å². The summed E-state index contributed by atoms with van der Waals surface area (Å²) in [6.45, 7) is 5.89. The molecular weight excluding hydrogens is 510 g/mol. The topological polar surface area (TPSA) is 107 Å². The third-order valence-electron chi connectivity index (χ3n) is 6.22. The van der Waals surface area contributed by atoms with E-state index in [1.54, 1.807) is 55.1 Å². The smallest absolute Gasteiger partial charge is 0.269 e. The second-order valence-electron chi connectivity index (χ2n) is 9.48. The van der Waals surface area contributed by atoms with Gasteiger partial charge in [-0.05, 0) is 44.2 Å². The summed E-state index contributed by atoms with van der Waals surface area (Å²) in [5.74, 6) is 0.359. The normalized spacial score (nSPS) is 16.8. The fraction of sp³-hybridized carbons (Fsp3) is 0.308. The number of rotatable bonds is 5. The van der Waals surface area contributed by atoms with E-state index in [1.165, 1.54) is 10.2 Å². The first-order valence-corrected chi connectivity index (χ1v) is 15.6. The molecule has 11 heteroatoms. The van der Waals surface area contributed by atoms with Crippen LogP contribution in [0.1, 0.15) is 12.5 Å². The van der Waals surface area contributed by atoms with Gasteiger partial charge in [0.05, 0.1) is 23.8 Å². The summed E-state index contributed by atoms with van der Waals surface area (Å²) >= 11 is 0. The van der Waals surface area contributed by atoms with E-state index in [0.717, 1.165) is 11.3 Å². The highest BCUT2D eigenvalue weighted by Crippen LogP contribution is 2.34. The number of morpholine rings is 1. The van der Waals surface area contributed by atoms with E-state index in [0.29, 0.717) is 47.9 Å². The highest BCUT2D eigenvalue weighted by molar-refractivity contribution is 7.92. The molecule has 0 bridgehead atoms. The van der Waals surface area contributed by atoms with Crippen molar-refractivity contribution >= 4 is 42.3 Å². The number of aromatic nitrogens is 3. The summed E-state index contributed by atoms with van der Waals surface area (Å²) in [6, 6.07) is 14.2. The number of pyridine rings is 2. The van der Waals surface area contributed by atoms with Crippen LogP contribution >= 0.6 is 0 Å². The lowest BCUT2D eigenvalue weighted by molar-refractivity contribution is 0.0989. The molecule has 194 valence electrons. The number of aryl methyl sites for hydroxylation is 1. The van der Waals surface area contributed by atoms with Crippen molar-refractivity contribution in [1.82, 2.24) is 13.9 Å². The maximum absolute atomic E-state index is 13.4. The fourth-order valence-corrected chi connectivity index (χ4v) is 6.29. The molecule has 4 heterocycles. The van der Waals surface area contributed by atoms with Crippen molar-refractivity contribution in [2.45, 2.75) is 24.8 Å². The number of hydrogen-bond donors (Lipinski definition) is 0. The predicted molar refractivity (Wildman–Crippen MR) is 146 cm³/mol. The van der Waals surface area contributed by atoms with Gasteiger partial charge in [0.1, 0.15) is 0 Å². The number of anilines is 1. The van der Waals surface area contributed by atoms with Gasteiger partial charge in [-0.3, -0.25) is 0 Å². The van der Waals surface area contributed by atoms with Crippen LogP contribution in [0.25, 0.3) is 22.3 Å². The third kappa shape index (κ3) is 5.11. The van der Waals surface area contributed by atoms with Crippen LogP contribution in [0, 0.1) is 6.92 Å². The van der Waals surface area contributed by atoms with Crippen LogP contribution in [-0.2, 0) is 24.5 Å². The van der Waals surface area contributed by atoms with Gasteiger partial charge in [0, 0.05) is 69.9 Å². The summed E-state index contributed by atoms with van der Waals surface area (Å²) < 4.78 is 50.5. The Morgan fingerprint density at radius 2 is 1.81 bits per heavy atom. The number of fused-ring (bicyclic) bond motifs is 1. The van der Waals surface area contributed by atoms with Gasteiger partial charge in [-0.1, -0.05) is 17.7 Å². The molecule has 4 aromatic rings. The van der Waals surface area contributed by atoms with E-state index in [1.807, 2.05) is 19.1 Å². The van der Waals surface area contributed by atoms with Crippen LogP contribution in [0.5, 0.6) is 0 Å². The highest BCUT2D eigenvalue weighted by Gasteiger charge is 2.23. The number of nitrogens with zero attached hydrogens (tertiary/aromatic N) is 5. The Labute approximate surface area is 217 Å². The maximum atomic E-state index is 13.4. The van der Waals surface area contributed by atoms with E-state index in [4.69, 9.17) is 9.72 Å². The minimum absolute atomic E-state index is 0.141. The number of benzene rings is 1. The molecule has 3 aromatic heterocycles. The zero-order chi connectivity index (χ0) is 26.4. The largest absolute Gasteiger partial charge is 0.377 e. The first kappa shape index (κ1) is 25.4. The van der Waals surface area contributed by atoms with Crippen LogP contribution in [0.2, 0.25) is 0 Å². The lowest BCUT2D eigenvalue weighted by Gasteiger charge is -2.35. The zero-order valence-electron chi connectivity index (χ0n) is 21.2. The Kier molecular flexibility index (Phi) is 6.55. The molecule has 1 aliphatic heterocycles. The lowest BCUT2D eigenvalue weighted by Crippen LogP contribution is -2.43. The van der Waals surface area contributed by atoms with Gasteiger partial charge in [0.15, 0.2) is 11.5 Å². The standard InChI is InChI=1S/C26H29N5O4S2/c1-18-5-7-21(8-6-18)37(33,34)31-12-10-23-22(9-11-27-26(23)31)24-15-20(30-13-14-35-17-19(30)2)16-25(28-24)29-36(3,4)32/h5-12,15-16,19H,13-14,17H2,1-4H3/t19-/m1/s1. The quantitative estimate of drug-likeness (QED) is 0.374. The average molecular weight is 540 g/mol. The van der Waals surface area contributed by atoms with Gasteiger partial charge in [-0.2, -0.15) is 4.36 Å². The van der Waals surface area contributed by atoms with Crippen molar-refractivity contribution in [3.8, 4) is 11.3 Å². The molecule has 0 unspecified atom stereocenters. The molecular formula is C26H29N5O4S2. The monoisotopic (exact) mass is 539 g/mol. The molecule has 0 aliphatic carbocycles. The Balaban J connectivity index is 1.68. The summed E-state index contributed by atoms with van der Waals surface area (Å²) in [5, 5.41) is 0.637. The average Bonchev–Trinajstić information content (AvgIpc) is 3.28. The molecule has 0 spiro atoms. The fourth-order valence-electron chi connectivity index (χ4n) is 4.44. The second-order valence-corrected chi connectivity index (χ2v) is 13.8. The van der Waals surface area contributed by atoms with Crippen LogP contribution in [0.15, 0.2) is 70.2 Å². The van der Waals surface area contributed by atoms with Crippen molar-refractivity contribution in [3.63, 3.8) is 0 Å². The van der Waals surface area contributed by atoms with Crippen LogP contribution in [0.4, 0.5) is 11.5 Å². The molecule has 0 radical (unpaired) electrons. The van der Waals surface area contributed by atoms with Gasteiger partial charge in [0.25, 0.3) is 10.0 Å². The van der Waals surface area contributed by atoms with E-state index in [-0.39, 0.29) is 10.9 Å². The number of hydrogen-bond acceptors (Lipinski definition) is 8. The predicted octanol–water partition coefficient (Wildman–Crippen LogP) is 4.23. The van der Waals surface area contributed by atoms with E-state index >= 15 is 0 Å². The summed E-state index contributed by atoms with van der Waals surface area (Å²) in [7, 11) is -6.30. The summed E-state index contributed by atoms with van der Waals surface area (Å²) in [5.41, 5.74) is 3.47. The number of ether oxygens (including phenoxy) is 1. The Morgan fingerprint density at radius 1 is 1.05 bits per heavy atom. The molecule has 1 aromatic carbocycles. The molecule has 0 N–H and O–H groups in total. The molecule has 37 heavy (non-hydrogen) atoms. The van der Waals surface area contributed by atoms with Gasteiger partial charge in [-0.15, -0.1) is 0 Å². The molecule has 1 aliphatic rings. The van der Waals surface area contributed by atoms with Crippen LogP contribution in [-0.4, -0.2) is 64.9 Å². The van der Waals surface area contributed by atoms with Gasteiger partial charge in [-0.25, -0.2) is 26.6 Å². The van der Waals surface area contributed by atoms with Crippen LogP contribution < -0.4 is 4.90 Å². The maximum Gasteiger partial charge on any atom is 0.269 e. The van der Waals surface area contributed by atoms with Crippen molar-refractivity contribution < 1.29 is 17.4 Å². The van der Waals surface area contributed by atoms with E-state index < -0.39 is 19.8 Å². The van der Waals surface area contributed by atoms with Crippen molar-refractivity contribution in [1.29, 1.82) is 0 Å². The Morgan fingerprint density at radius 3 is 2.51 bits per heavy atom. The Bertz CT molecular complexity index is 1700. The van der Waals surface area contributed by atoms with Crippen LogP contribution in [0.3, 0.4) is 0 Å². The van der Waals surface area contributed by atoms with Gasteiger partial charge in [0.2, 0.25) is 0 Å². The summed E-state index contributed by atoms with van der Waals surface area (Å²) in [4.78, 5) is 11.5. The van der Waals surface area contributed by atoms with Gasteiger partial charge >= 0.3 is 0 Å². The van der Waals surface area contributed by atoms with Crippen molar-refractivity contribution in [2.24, 2.45) is 4.36 Å². The molecule has 1 atom stereocenters. The highest BCUT2D eigenvalue weighted by atomic mass is 32.2. The third-order valence-corrected chi connectivity index (χ3v) is 8.52. The zero-order valence-corrected chi connectivity index (χ0v) is 22.8. The Hall–Kier alpha value is -3.28. The second kappa shape index (κ2) is 9.55. The van der Waals surface area contributed by atoms with E-state index in [9.17, 15) is 12.6 Å². The molecule has 9 nitrogen and oxygen atoms in total. The first-order chi connectivity index (χ1) is 17.5. The lowest BCUT2D eigenvalue weighted by atomic mass is 10.1. The van der Waals surface area contributed by atoms with Gasteiger partial charge < -0.3 is 9.64 Å².